The van der Waals surface area contributed by atoms with Crippen LogP contribution in [-0.2, 0) is 16.2 Å². The van der Waals surface area contributed by atoms with Gasteiger partial charge in [0.05, 0.1) is 22.4 Å². The van der Waals surface area contributed by atoms with Gasteiger partial charge >= 0.3 is 6.18 Å². The maximum absolute atomic E-state index is 13.1. The molecule has 0 radical (unpaired) electrons. The number of aromatic amines is 1. The van der Waals surface area contributed by atoms with E-state index >= 15 is 0 Å². The van der Waals surface area contributed by atoms with Crippen LogP contribution in [0.4, 0.5) is 13.2 Å². The van der Waals surface area contributed by atoms with Crippen molar-refractivity contribution >= 4 is 21.6 Å². The first kappa shape index (κ1) is 22.8. The first-order valence-electron chi connectivity index (χ1n) is 9.77. The molecule has 2 N–H and O–H groups in total. The molecule has 0 spiro atoms. The van der Waals surface area contributed by atoms with Gasteiger partial charge in [0.1, 0.15) is 10.7 Å². The topological polar surface area (TPSA) is 86.3 Å². The van der Waals surface area contributed by atoms with Crippen LogP contribution in [0.2, 0.25) is 5.02 Å². The lowest BCUT2D eigenvalue weighted by atomic mass is 10.1. The summed E-state index contributed by atoms with van der Waals surface area (Å²) < 4.78 is 66.5. The number of aromatic nitrogens is 2. The number of H-pyrrole nitrogens is 1. The average Bonchev–Trinajstić information content (AvgIpc) is 3.24. The van der Waals surface area contributed by atoms with Gasteiger partial charge < -0.3 is 10.1 Å². The Morgan fingerprint density at radius 1 is 1.09 bits per heavy atom. The number of imidazole rings is 1. The number of nitrogens with zero attached hydrogens (tertiary/aromatic N) is 2. The van der Waals surface area contributed by atoms with Crippen molar-refractivity contribution in [2.45, 2.75) is 30.0 Å². The molecule has 1 fully saturated rings. The highest BCUT2D eigenvalue weighted by atomic mass is 35.5. The third-order valence-electron chi connectivity index (χ3n) is 5.31. The molecular formula is C21H19ClF3N3O3S. The molecular weight excluding hydrogens is 467 g/mol. The van der Waals surface area contributed by atoms with E-state index in [2.05, 4.69) is 9.97 Å². The minimum atomic E-state index is -4.47. The second-order valence-corrected chi connectivity index (χ2v) is 9.81. The van der Waals surface area contributed by atoms with Crippen LogP contribution in [0.1, 0.15) is 18.4 Å². The Bertz CT molecular complexity index is 1240. The van der Waals surface area contributed by atoms with Crippen LogP contribution in [0.25, 0.3) is 22.6 Å². The minimum Gasteiger partial charge on any atom is -0.393 e. The number of halogens is 4. The fourth-order valence-electron chi connectivity index (χ4n) is 3.54. The molecule has 0 unspecified atom stereocenters. The number of benzene rings is 2. The highest BCUT2D eigenvalue weighted by molar-refractivity contribution is 7.89. The monoisotopic (exact) mass is 485 g/mol. The van der Waals surface area contributed by atoms with Gasteiger partial charge in [-0.25, -0.2) is 13.4 Å². The van der Waals surface area contributed by atoms with E-state index in [0.717, 1.165) is 12.1 Å². The first-order valence-corrected chi connectivity index (χ1v) is 11.6. The van der Waals surface area contributed by atoms with Gasteiger partial charge in [-0.15, -0.1) is 0 Å². The zero-order valence-electron chi connectivity index (χ0n) is 16.6. The van der Waals surface area contributed by atoms with E-state index in [1.807, 2.05) is 0 Å². The molecule has 2 heterocycles. The molecule has 0 atom stereocenters. The van der Waals surface area contributed by atoms with Crippen molar-refractivity contribution in [1.82, 2.24) is 14.3 Å². The summed E-state index contributed by atoms with van der Waals surface area (Å²) in [5.74, 6) is 0.291. The maximum atomic E-state index is 13.1. The number of nitrogens with one attached hydrogen (secondary N) is 1. The number of rotatable bonds is 4. The highest BCUT2D eigenvalue weighted by Gasteiger charge is 2.32. The van der Waals surface area contributed by atoms with Gasteiger partial charge in [-0.05, 0) is 43.2 Å². The van der Waals surface area contributed by atoms with Crippen LogP contribution in [0.15, 0.2) is 53.6 Å². The van der Waals surface area contributed by atoms with Crippen LogP contribution >= 0.6 is 11.6 Å². The molecule has 32 heavy (non-hydrogen) atoms. The summed E-state index contributed by atoms with van der Waals surface area (Å²) >= 11 is 6.18. The molecule has 0 saturated carbocycles. The Kier molecular flexibility index (Phi) is 6.06. The average molecular weight is 486 g/mol. The van der Waals surface area contributed by atoms with E-state index in [-0.39, 0.29) is 34.3 Å². The van der Waals surface area contributed by atoms with Crippen LogP contribution in [0.5, 0.6) is 0 Å². The molecule has 2 aromatic carbocycles. The normalized spacial score (nSPS) is 16.4. The van der Waals surface area contributed by atoms with Crippen molar-refractivity contribution in [3.8, 4) is 22.6 Å². The van der Waals surface area contributed by atoms with Crippen molar-refractivity contribution in [3.05, 3.63) is 59.2 Å². The summed E-state index contributed by atoms with van der Waals surface area (Å²) in [4.78, 5) is 7.13. The summed E-state index contributed by atoms with van der Waals surface area (Å²) in [6.45, 7) is 0.370. The summed E-state index contributed by atoms with van der Waals surface area (Å²) in [5.41, 5.74) is 0.195. The van der Waals surface area contributed by atoms with E-state index in [4.69, 9.17) is 11.6 Å². The van der Waals surface area contributed by atoms with Crippen LogP contribution in [0, 0.1) is 0 Å². The third-order valence-corrected chi connectivity index (χ3v) is 7.69. The number of sulfonamides is 1. The maximum Gasteiger partial charge on any atom is 0.416 e. The zero-order valence-corrected chi connectivity index (χ0v) is 18.2. The predicted octanol–water partition coefficient (Wildman–Crippen LogP) is 4.56. The van der Waals surface area contributed by atoms with Crippen molar-refractivity contribution < 1.29 is 26.7 Å². The standard InChI is InChI=1S/C21H19ClF3N3O3S/c22-17-5-4-14(11-19(17)32(30,31)28-8-6-16(29)7-9-28)20-26-12-18(27-20)13-2-1-3-15(10-13)21(23,24)25/h1-5,10-12,16,29H,6-9H2,(H,26,27). The Hall–Kier alpha value is -2.40. The van der Waals surface area contributed by atoms with Crippen molar-refractivity contribution in [1.29, 1.82) is 0 Å². The number of hydrogen-bond donors (Lipinski definition) is 2. The summed E-state index contributed by atoms with van der Waals surface area (Å²) in [5, 5.41) is 9.69. The van der Waals surface area contributed by atoms with E-state index in [0.29, 0.717) is 24.2 Å². The number of aliphatic hydroxyl groups is 1. The van der Waals surface area contributed by atoms with Crippen molar-refractivity contribution in [2.75, 3.05) is 13.1 Å². The number of alkyl halides is 3. The number of aliphatic hydroxyl groups excluding tert-OH is 1. The van der Waals surface area contributed by atoms with Gasteiger partial charge in [-0.3, -0.25) is 0 Å². The Morgan fingerprint density at radius 2 is 1.81 bits per heavy atom. The van der Waals surface area contributed by atoms with E-state index < -0.39 is 27.9 Å². The molecule has 0 aliphatic carbocycles. The molecule has 1 aliphatic rings. The van der Waals surface area contributed by atoms with Gasteiger partial charge in [0.15, 0.2) is 0 Å². The van der Waals surface area contributed by atoms with Gasteiger partial charge in [0.25, 0.3) is 0 Å². The number of hydrogen-bond acceptors (Lipinski definition) is 4. The zero-order chi connectivity index (χ0) is 23.1. The molecule has 4 rings (SSSR count). The number of piperidine rings is 1. The Balaban J connectivity index is 1.66. The SMILES string of the molecule is O=S(=O)(c1cc(-c2nc(-c3cccc(C(F)(F)F)c3)c[nH]2)ccc1Cl)N1CCC(O)CC1. The molecule has 1 aromatic heterocycles. The summed E-state index contributed by atoms with van der Waals surface area (Å²) in [7, 11) is -3.89. The van der Waals surface area contributed by atoms with Gasteiger partial charge in [-0.1, -0.05) is 23.7 Å². The van der Waals surface area contributed by atoms with Gasteiger partial charge in [0.2, 0.25) is 10.0 Å². The van der Waals surface area contributed by atoms with E-state index in [1.54, 1.807) is 6.07 Å². The minimum absolute atomic E-state index is 0.0459. The molecule has 6 nitrogen and oxygen atoms in total. The molecule has 3 aromatic rings. The van der Waals surface area contributed by atoms with Crippen molar-refractivity contribution in [2.24, 2.45) is 0 Å². The summed E-state index contributed by atoms with van der Waals surface area (Å²) in [6, 6.07) is 9.20. The lowest BCUT2D eigenvalue weighted by Gasteiger charge is -2.29. The highest BCUT2D eigenvalue weighted by Crippen LogP contribution is 2.34. The largest absolute Gasteiger partial charge is 0.416 e. The Labute approximate surface area is 187 Å². The van der Waals surface area contributed by atoms with Crippen LogP contribution in [0.3, 0.4) is 0 Å². The van der Waals surface area contributed by atoms with Crippen LogP contribution in [-0.4, -0.2) is 47.0 Å². The van der Waals surface area contributed by atoms with Crippen LogP contribution < -0.4 is 0 Å². The molecule has 170 valence electrons. The predicted molar refractivity (Wildman–Crippen MR) is 113 cm³/mol. The second-order valence-electron chi connectivity index (χ2n) is 7.49. The smallest absolute Gasteiger partial charge is 0.393 e. The molecule has 11 heteroatoms. The molecule has 0 bridgehead atoms. The fraction of sp³-hybridized carbons (Fsp3) is 0.286. The molecule has 0 amide bonds. The third kappa shape index (κ3) is 4.54. The quantitative estimate of drug-likeness (QED) is 0.567. The first-order chi connectivity index (χ1) is 15.1. The van der Waals surface area contributed by atoms with Gasteiger partial charge in [0, 0.05) is 30.4 Å². The molecule has 1 aliphatic heterocycles. The molecule has 1 saturated heterocycles. The van der Waals surface area contributed by atoms with E-state index in [1.165, 1.54) is 34.8 Å². The Morgan fingerprint density at radius 3 is 2.50 bits per heavy atom. The van der Waals surface area contributed by atoms with E-state index in [9.17, 15) is 26.7 Å². The van der Waals surface area contributed by atoms with Gasteiger partial charge in [-0.2, -0.15) is 17.5 Å². The lowest BCUT2D eigenvalue weighted by Crippen LogP contribution is -2.40. The fourth-order valence-corrected chi connectivity index (χ4v) is 5.51. The lowest BCUT2D eigenvalue weighted by molar-refractivity contribution is -0.137. The second kappa shape index (κ2) is 8.51. The summed E-state index contributed by atoms with van der Waals surface area (Å²) in [6.07, 6.45) is -2.86. The van der Waals surface area contributed by atoms with Crippen molar-refractivity contribution in [3.63, 3.8) is 0 Å².